The van der Waals surface area contributed by atoms with Crippen LogP contribution in [-0.2, 0) is 14.8 Å². The summed E-state index contributed by atoms with van der Waals surface area (Å²) >= 11 is 0. The second-order valence-electron chi connectivity index (χ2n) is 3.44. The first-order valence-electron chi connectivity index (χ1n) is 4.90. The number of nitrogen functional groups attached to an aromatic ring is 1. The van der Waals surface area contributed by atoms with Crippen molar-refractivity contribution in [3.8, 4) is 0 Å². The van der Waals surface area contributed by atoms with Gasteiger partial charge in [-0.3, -0.25) is 0 Å². The summed E-state index contributed by atoms with van der Waals surface area (Å²) in [6.45, 7) is 1.63. The molecule has 6 nitrogen and oxygen atoms in total. The van der Waals surface area contributed by atoms with Crippen molar-refractivity contribution in [3.05, 3.63) is 18.3 Å². The normalized spacial score (nSPS) is 18.5. The van der Waals surface area contributed by atoms with Crippen LogP contribution in [0.15, 0.2) is 23.2 Å². The lowest BCUT2D eigenvalue weighted by molar-refractivity contribution is 0.0730. The van der Waals surface area contributed by atoms with E-state index in [1.54, 1.807) is 0 Å². The van der Waals surface area contributed by atoms with Gasteiger partial charge in [-0.25, -0.2) is 13.4 Å². The van der Waals surface area contributed by atoms with Gasteiger partial charge in [0.1, 0.15) is 10.7 Å². The van der Waals surface area contributed by atoms with E-state index >= 15 is 0 Å². The molecule has 16 heavy (non-hydrogen) atoms. The van der Waals surface area contributed by atoms with E-state index < -0.39 is 10.0 Å². The Balaban J connectivity index is 2.27. The van der Waals surface area contributed by atoms with Gasteiger partial charge in [0.05, 0.1) is 13.2 Å². The van der Waals surface area contributed by atoms with Crippen LogP contribution in [0.3, 0.4) is 0 Å². The van der Waals surface area contributed by atoms with Gasteiger partial charge in [0.25, 0.3) is 0 Å². The highest BCUT2D eigenvalue weighted by Crippen LogP contribution is 2.16. The van der Waals surface area contributed by atoms with Crippen LogP contribution in [0.25, 0.3) is 0 Å². The quantitative estimate of drug-likeness (QED) is 0.769. The van der Waals surface area contributed by atoms with E-state index in [0.29, 0.717) is 32.1 Å². The first kappa shape index (κ1) is 11.3. The van der Waals surface area contributed by atoms with Crippen molar-refractivity contribution in [1.29, 1.82) is 0 Å². The smallest absolute Gasteiger partial charge is 0.244 e. The van der Waals surface area contributed by atoms with Gasteiger partial charge in [-0.15, -0.1) is 0 Å². The third-order valence-corrected chi connectivity index (χ3v) is 4.25. The molecule has 2 heterocycles. The molecule has 0 aliphatic carbocycles. The largest absolute Gasteiger partial charge is 0.384 e. The van der Waals surface area contributed by atoms with E-state index in [2.05, 4.69) is 4.98 Å². The Morgan fingerprint density at radius 1 is 1.31 bits per heavy atom. The minimum absolute atomic E-state index is 0.170. The van der Waals surface area contributed by atoms with Crippen molar-refractivity contribution in [2.75, 3.05) is 32.0 Å². The highest BCUT2D eigenvalue weighted by molar-refractivity contribution is 7.89. The topological polar surface area (TPSA) is 85.5 Å². The number of morpholine rings is 1. The van der Waals surface area contributed by atoms with Gasteiger partial charge < -0.3 is 10.5 Å². The Hall–Kier alpha value is -1.18. The van der Waals surface area contributed by atoms with E-state index in [-0.39, 0.29) is 4.90 Å². The summed E-state index contributed by atoms with van der Waals surface area (Å²) in [5, 5.41) is 0. The number of hydrogen-bond acceptors (Lipinski definition) is 5. The standard InChI is InChI=1S/C9H13N3O3S/c10-9-2-1-8(7-11-9)16(13,14)12-3-5-15-6-4-12/h1-2,7H,3-6H2,(H2,10,11). The number of rotatable bonds is 2. The predicted octanol–water partition coefficient (Wildman–Crippen LogP) is -0.315. The highest BCUT2D eigenvalue weighted by atomic mass is 32.2. The molecule has 0 amide bonds. The number of pyridine rings is 1. The molecule has 0 radical (unpaired) electrons. The van der Waals surface area contributed by atoms with Crippen LogP contribution in [0.1, 0.15) is 0 Å². The van der Waals surface area contributed by atoms with E-state index in [1.165, 1.54) is 22.6 Å². The molecular formula is C9H13N3O3S. The molecule has 1 aromatic heterocycles. The molecule has 0 spiro atoms. The third kappa shape index (κ3) is 2.16. The van der Waals surface area contributed by atoms with Gasteiger partial charge in [-0.1, -0.05) is 0 Å². The molecule has 7 heteroatoms. The number of nitrogens with zero attached hydrogens (tertiary/aromatic N) is 2. The van der Waals surface area contributed by atoms with Gasteiger partial charge in [0.2, 0.25) is 10.0 Å². The number of nitrogens with two attached hydrogens (primary N) is 1. The lowest BCUT2D eigenvalue weighted by atomic mass is 10.5. The van der Waals surface area contributed by atoms with Crippen molar-refractivity contribution in [3.63, 3.8) is 0 Å². The fourth-order valence-corrected chi connectivity index (χ4v) is 2.83. The molecular weight excluding hydrogens is 230 g/mol. The fraction of sp³-hybridized carbons (Fsp3) is 0.444. The maximum absolute atomic E-state index is 12.1. The molecule has 1 aliphatic rings. The van der Waals surface area contributed by atoms with Gasteiger partial charge in [-0.2, -0.15) is 4.31 Å². The zero-order valence-corrected chi connectivity index (χ0v) is 9.48. The van der Waals surface area contributed by atoms with Crippen LogP contribution < -0.4 is 5.73 Å². The first-order valence-corrected chi connectivity index (χ1v) is 6.34. The summed E-state index contributed by atoms with van der Waals surface area (Å²) < 4.78 is 30.7. The second-order valence-corrected chi connectivity index (χ2v) is 5.37. The molecule has 88 valence electrons. The summed E-state index contributed by atoms with van der Waals surface area (Å²) in [7, 11) is -3.44. The SMILES string of the molecule is Nc1ccc(S(=O)(=O)N2CCOCC2)cn1. The average molecular weight is 243 g/mol. The molecule has 1 aliphatic heterocycles. The molecule has 2 N–H and O–H groups in total. The number of aromatic nitrogens is 1. The maximum atomic E-state index is 12.1. The molecule has 1 fully saturated rings. The molecule has 0 unspecified atom stereocenters. The molecule has 0 atom stereocenters. The molecule has 0 bridgehead atoms. The Labute approximate surface area is 94.1 Å². The fourth-order valence-electron chi connectivity index (χ4n) is 1.48. The minimum atomic E-state index is -3.44. The highest BCUT2D eigenvalue weighted by Gasteiger charge is 2.26. The van der Waals surface area contributed by atoms with Crippen LogP contribution in [0.5, 0.6) is 0 Å². The Morgan fingerprint density at radius 3 is 2.56 bits per heavy atom. The Morgan fingerprint density at radius 2 is 2.00 bits per heavy atom. The van der Waals surface area contributed by atoms with Crippen molar-refractivity contribution in [2.45, 2.75) is 4.90 Å². The van der Waals surface area contributed by atoms with E-state index in [9.17, 15) is 8.42 Å². The third-order valence-electron chi connectivity index (χ3n) is 2.37. The maximum Gasteiger partial charge on any atom is 0.244 e. The van der Waals surface area contributed by atoms with Crippen molar-refractivity contribution < 1.29 is 13.2 Å². The number of sulfonamides is 1. The van der Waals surface area contributed by atoms with Gasteiger partial charge in [-0.05, 0) is 12.1 Å². The number of ether oxygens (including phenoxy) is 1. The van der Waals surface area contributed by atoms with Crippen molar-refractivity contribution >= 4 is 15.8 Å². The van der Waals surface area contributed by atoms with Crippen LogP contribution in [-0.4, -0.2) is 44.0 Å². The van der Waals surface area contributed by atoms with E-state index in [1.807, 2.05) is 0 Å². The Kier molecular flexibility index (Phi) is 3.08. The van der Waals surface area contributed by atoms with Crippen molar-refractivity contribution in [1.82, 2.24) is 9.29 Å². The summed E-state index contributed by atoms with van der Waals surface area (Å²) in [5.74, 6) is 0.306. The summed E-state index contributed by atoms with van der Waals surface area (Å²) in [4.78, 5) is 3.95. The van der Waals surface area contributed by atoms with Crippen LogP contribution in [0, 0.1) is 0 Å². The number of anilines is 1. The van der Waals surface area contributed by atoms with Crippen LogP contribution >= 0.6 is 0 Å². The monoisotopic (exact) mass is 243 g/mol. The molecule has 1 saturated heterocycles. The molecule has 1 aromatic rings. The lowest BCUT2D eigenvalue weighted by Crippen LogP contribution is -2.40. The molecule has 2 rings (SSSR count). The van der Waals surface area contributed by atoms with E-state index in [0.717, 1.165) is 0 Å². The summed E-state index contributed by atoms with van der Waals surface area (Å²) in [5.41, 5.74) is 5.41. The minimum Gasteiger partial charge on any atom is -0.384 e. The van der Waals surface area contributed by atoms with Crippen molar-refractivity contribution in [2.24, 2.45) is 0 Å². The van der Waals surface area contributed by atoms with E-state index in [4.69, 9.17) is 10.5 Å². The van der Waals surface area contributed by atoms with Gasteiger partial charge in [0.15, 0.2) is 0 Å². The first-order chi connectivity index (χ1) is 7.60. The number of hydrogen-bond donors (Lipinski definition) is 1. The van der Waals surface area contributed by atoms with Crippen LogP contribution in [0.4, 0.5) is 5.82 Å². The zero-order chi connectivity index (χ0) is 11.6. The van der Waals surface area contributed by atoms with Gasteiger partial charge in [0, 0.05) is 19.3 Å². The van der Waals surface area contributed by atoms with Gasteiger partial charge >= 0.3 is 0 Å². The second kappa shape index (κ2) is 4.36. The predicted molar refractivity (Wildman–Crippen MR) is 58.2 cm³/mol. The molecule has 0 aromatic carbocycles. The average Bonchev–Trinajstić information content (AvgIpc) is 2.31. The van der Waals surface area contributed by atoms with Crippen LogP contribution in [0.2, 0.25) is 0 Å². The summed E-state index contributed by atoms with van der Waals surface area (Å²) in [6.07, 6.45) is 1.28. The zero-order valence-electron chi connectivity index (χ0n) is 8.67. The summed E-state index contributed by atoms with van der Waals surface area (Å²) in [6, 6.07) is 2.94. The lowest BCUT2D eigenvalue weighted by Gasteiger charge is -2.25. The Bertz CT molecular complexity index is 451. The molecule has 0 saturated carbocycles.